The molecule has 256 valence electrons. The highest BCUT2D eigenvalue weighted by atomic mass is 16.5. The van der Waals surface area contributed by atoms with Crippen molar-refractivity contribution in [3.05, 3.63) is 42.0 Å². The number of Topliss-reactive ketones (excluding diaryl/α,β-unsaturated/α-hetero) is 1. The van der Waals surface area contributed by atoms with Crippen LogP contribution < -0.4 is 15.4 Å². The van der Waals surface area contributed by atoms with Crippen molar-refractivity contribution < 1.29 is 39.2 Å². The van der Waals surface area contributed by atoms with Gasteiger partial charge in [0, 0.05) is 39.3 Å². The predicted octanol–water partition coefficient (Wildman–Crippen LogP) is 4.50. The molecule has 0 aromatic heterocycles. The van der Waals surface area contributed by atoms with E-state index >= 15 is 0 Å². The number of carbonyl (C=O) groups excluding carboxylic acids is 3. The fraction of sp³-hybridized carbons (Fsp3) is 0.611. The molecule has 0 spiro atoms. The van der Waals surface area contributed by atoms with Gasteiger partial charge in [-0.2, -0.15) is 0 Å². The highest BCUT2D eigenvalue weighted by Gasteiger charge is 2.47. The minimum Gasteiger partial charge on any atom is -0.481 e. The van der Waals surface area contributed by atoms with E-state index in [4.69, 9.17) is 4.74 Å². The SMILES string of the molecule is CC#CCOc1ccc(C[C@H](NC(=O)[C@@H](C=CCCCCCCC(=O)CCCCCCC)[C@@](O)(CCO)C(=O)O)C(=O)NC)cc1. The van der Waals surface area contributed by atoms with Crippen LogP contribution in [0, 0.1) is 17.8 Å². The van der Waals surface area contributed by atoms with Crippen molar-refractivity contribution in [1.29, 1.82) is 0 Å². The lowest BCUT2D eigenvalue weighted by molar-refractivity contribution is -0.168. The van der Waals surface area contributed by atoms with Gasteiger partial charge in [-0.1, -0.05) is 75.7 Å². The average molecular weight is 643 g/mol. The first kappa shape index (κ1) is 40.3. The number of hydrogen-bond acceptors (Lipinski definition) is 7. The molecule has 0 aliphatic rings. The molecular formula is C36H54N2O8. The Morgan fingerprint density at radius 2 is 1.59 bits per heavy atom. The summed E-state index contributed by atoms with van der Waals surface area (Å²) < 4.78 is 5.51. The number of likely N-dealkylation sites (N-methyl/N-ethyl adjacent to an activating group) is 1. The van der Waals surface area contributed by atoms with Crippen molar-refractivity contribution >= 4 is 23.6 Å². The van der Waals surface area contributed by atoms with Crippen molar-refractivity contribution in [1.82, 2.24) is 10.6 Å². The van der Waals surface area contributed by atoms with Gasteiger partial charge >= 0.3 is 5.97 Å². The van der Waals surface area contributed by atoms with Gasteiger partial charge in [0.05, 0.1) is 5.92 Å². The molecule has 0 saturated carbocycles. The van der Waals surface area contributed by atoms with Gasteiger partial charge in [0.15, 0.2) is 5.60 Å². The predicted molar refractivity (Wildman–Crippen MR) is 178 cm³/mol. The second-order valence-electron chi connectivity index (χ2n) is 11.5. The van der Waals surface area contributed by atoms with Crippen LogP contribution in [0.5, 0.6) is 5.75 Å². The molecule has 0 saturated heterocycles. The second kappa shape index (κ2) is 23.6. The lowest BCUT2D eigenvalue weighted by Crippen LogP contribution is -2.56. The molecule has 0 bridgehead atoms. The summed E-state index contributed by atoms with van der Waals surface area (Å²) in [5, 5.41) is 35.5. The summed E-state index contributed by atoms with van der Waals surface area (Å²) in [4.78, 5) is 50.4. The largest absolute Gasteiger partial charge is 0.481 e. The maximum atomic E-state index is 13.5. The van der Waals surface area contributed by atoms with Crippen LogP contribution >= 0.6 is 0 Å². The zero-order chi connectivity index (χ0) is 34.2. The summed E-state index contributed by atoms with van der Waals surface area (Å²) in [6.45, 7) is 3.46. The van der Waals surface area contributed by atoms with Crippen molar-refractivity contribution in [2.75, 3.05) is 20.3 Å². The maximum Gasteiger partial charge on any atom is 0.336 e. The number of aliphatic carboxylic acids is 1. The van der Waals surface area contributed by atoms with E-state index in [2.05, 4.69) is 29.4 Å². The summed E-state index contributed by atoms with van der Waals surface area (Å²) >= 11 is 0. The molecule has 0 unspecified atom stereocenters. The van der Waals surface area contributed by atoms with Crippen LogP contribution in [-0.4, -0.2) is 70.8 Å². The summed E-state index contributed by atoms with van der Waals surface area (Å²) in [7, 11) is 1.43. The van der Waals surface area contributed by atoms with E-state index in [0.29, 0.717) is 36.4 Å². The Morgan fingerprint density at radius 3 is 2.15 bits per heavy atom. The van der Waals surface area contributed by atoms with Gasteiger partial charge in [-0.25, -0.2) is 4.79 Å². The second-order valence-corrected chi connectivity index (χ2v) is 11.5. The van der Waals surface area contributed by atoms with Crippen molar-refractivity contribution in [3.63, 3.8) is 0 Å². The number of nitrogens with one attached hydrogen (secondary N) is 2. The Bertz CT molecular complexity index is 1150. The molecule has 10 nitrogen and oxygen atoms in total. The number of unbranched alkanes of at least 4 members (excludes halogenated alkanes) is 8. The number of ether oxygens (including phenoxy) is 1. The van der Waals surface area contributed by atoms with E-state index in [1.807, 2.05) is 0 Å². The van der Waals surface area contributed by atoms with Gasteiger partial charge in [0.25, 0.3) is 0 Å². The molecule has 1 rings (SSSR count). The third kappa shape index (κ3) is 15.5. The number of amides is 2. The Morgan fingerprint density at radius 1 is 0.957 bits per heavy atom. The number of carboxylic acids is 1. The molecule has 2 amide bonds. The number of benzene rings is 1. The van der Waals surface area contributed by atoms with Crippen LogP contribution in [0.15, 0.2) is 36.4 Å². The van der Waals surface area contributed by atoms with E-state index in [1.54, 1.807) is 37.3 Å². The van der Waals surface area contributed by atoms with Crippen LogP contribution in [0.3, 0.4) is 0 Å². The first-order chi connectivity index (χ1) is 22.1. The van der Waals surface area contributed by atoms with E-state index in [1.165, 1.54) is 32.4 Å². The van der Waals surface area contributed by atoms with Crippen LogP contribution in [0.4, 0.5) is 0 Å². The molecule has 10 heteroatoms. The highest BCUT2D eigenvalue weighted by Crippen LogP contribution is 2.25. The Balaban J connectivity index is 2.82. The lowest BCUT2D eigenvalue weighted by Gasteiger charge is -2.30. The standard InChI is InChI=1S/C36H54N2O8/c1-4-6-8-11-14-17-29(40)18-15-12-9-10-13-16-19-31(36(45,24-25-39)35(43)44)33(41)38-32(34(42)37-3)27-28-20-22-30(23-21-28)46-26-7-5-2/h16,19-23,31-32,39,45H,4,6,8-15,17-18,24-27H2,1-3H3,(H,37,42)(H,38,41)(H,43,44)/t31-,32+,36+/m1/s1. The molecule has 5 N–H and O–H groups in total. The zero-order valence-electron chi connectivity index (χ0n) is 27.8. The molecule has 1 aromatic carbocycles. The van der Waals surface area contributed by atoms with E-state index < -0.39 is 48.4 Å². The van der Waals surface area contributed by atoms with Crippen molar-refractivity contribution in [3.8, 4) is 17.6 Å². The van der Waals surface area contributed by atoms with Gasteiger partial charge in [-0.15, -0.1) is 5.92 Å². The number of allylic oxidation sites excluding steroid dienone is 1. The highest BCUT2D eigenvalue weighted by molar-refractivity contribution is 5.93. The van der Waals surface area contributed by atoms with Crippen molar-refractivity contribution in [2.24, 2.45) is 5.92 Å². The van der Waals surface area contributed by atoms with Crippen LogP contribution in [-0.2, 0) is 25.6 Å². The topological polar surface area (TPSA) is 162 Å². The van der Waals surface area contributed by atoms with E-state index in [0.717, 1.165) is 38.5 Å². The lowest BCUT2D eigenvalue weighted by atomic mass is 9.83. The summed E-state index contributed by atoms with van der Waals surface area (Å²) in [6, 6.07) is 5.88. The molecule has 3 atom stereocenters. The summed E-state index contributed by atoms with van der Waals surface area (Å²) in [5.74, 6) is 1.88. The first-order valence-corrected chi connectivity index (χ1v) is 16.5. The summed E-state index contributed by atoms with van der Waals surface area (Å²) in [5.41, 5.74) is -1.87. The molecule has 1 aromatic rings. The minimum atomic E-state index is -2.58. The van der Waals surface area contributed by atoms with E-state index in [9.17, 15) is 34.5 Å². The van der Waals surface area contributed by atoms with Gasteiger partial charge in [0.1, 0.15) is 24.2 Å². The van der Waals surface area contributed by atoms with Crippen LogP contribution in [0.1, 0.15) is 103 Å². The average Bonchev–Trinajstić information content (AvgIpc) is 3.04. The number of aliphatic hydroxyl groups is 2. The molecule has 0 radical (unpaired) electrons. The third-order valence-electron chi connectivity index (χ3n) is 7.85. The number of rotatable bonds is 25. The Kier molecular flexibility index (Phi) is 20.7. The monoisotopic (exact) mass is 642 g/mol. The number of carboxylic acid groups (broad SMARTS) is 1. The number of ketones is 1. The minimum absolute atomic E-state index is 0.101. The number of hydrogen-bond donors (Lipinski definition) is 5. The zero-order valence-corrected chi connectivity index (χ0v) is 27.8. The normalized spacial score (nSPS) is 13.6. The number of aliphatic hydroxyl groups excluding tert-OH is 1. The van der Waals surface area contributed by atoms with Gasteiger partial charge in [0.2, 0.25) is 11.8 Å². The van der Waals surface area contributed by atoms with Gasteiger partial charge < -0.3 is 30.7 Å². The third-order valence-corrected chi connectivity index (χ3v) is 7.85. The molecule has 0 aliphatic heterocycles. The summed E-state index contributed by atoms with van der Waals surface area (Å²) in [6.07, 6.45) is 13.2. The fourth-order valence-corrected chi connectivity index (χ4v) is 5.04. The van der Waals surface area contributed by atoms with Crippen LogP contribution in [0.25, 0.3) is 0 Å². The first-order valence-electron chi connectivity index (χ1n) is 16.5. The van der Waals surface area contributed by atoms with Crippen molar-refractivity contribution in [2.45, 2.75) is 115 Å². The van der Waals surface area contributed by atoms with E-state index in [-0.39, 0.29) is 13.0 Å². The van der Waals surface area contributed by atoms with Crippen LogP contribution in [0.2, 0.25) is 0 Å². The fourth-order valence-electron chi connectivity index (χ4n) is 5.04. The molecule has 46 heavy (non-hydrogen) atoms. The molecule has 0 fully saturated rings. The Hall–Kier alpha value is -3.68. The Labute approximate surface area is 274 Å². The molecule has 0 heterocycles. The van der Waals surface area contributed by atoms with Gasteiger partial charge in [-0.05, 0) is 50.3 Å². The maximum absolute atomic E-state index is 13.5. The molecular weight excluding hydrogens is 588 g/mol. The van der Waals surface area contributed by atoms with Gasteiger partial charge in [-0.3, -0.25) is 14.4 Å². The quantitative estimate of drug-likeness (QED) is 0.0592. The smallest absolute Gasteiger partial charge is 0.336 e. The number of carbonyl (C=O) groups is 4. The molecule has 0 aliphatic carbocycles.